The normalized spacial score (nSPS) is 21.1. The molecular weight excluding hydrogens is 257 g/mol. The topological polar surface area (TPSA) is 57.6 Å². The van der Waals surface area contributed by atoms with E-state index in [2.05, 4.69) is 12.6 Å². The molecule has 4 nitrogen and oxygen atoms in total. The van der Waals surface area contributed by atoms with Crippen molar-refractivity contribution in [2.45, 2.75) is 17.7 Å². The summed E-state index contributed by atoms with van der Waals surface area (Å²) in [4.78, 5) is 24.2. The lowest BCUT2D eigenvalue weighted by atomic mass is 10.1. The third-order valence-electron chi connectivity index (χ3n) is 2.88. The number of carbonyl (C=O) groups excluding carboxylic acids is 1. The van der Waals surface area contributed by atoms with E-state index in [0.29, 0.717) is 0 Å². The second kappa shape index (κ2) is 4.97. The summed E-state index contributed by atoms with van der Waals surface area (Å²) in [6.07, 6.45) is 0.182. The van der Waals surface area contributed by atoms with E-state index >= 15 is 0 Å². The predicted octanol–water partition coefficient (Wildman–Crippen LogP) is 1.48. The third kappa shape index (κ3) is 2.33. The highest BCUT2D eigenvalue weighted by Crippen LogP contribution is 2.29. The van der Waals surface area contributed by atoms with Gasteiger partial charge in [-0.1, -0.05) is 18.2 Å². The van der Waals surface area contributed by atoms with Crippen LogP contribution < -0.4 is 0 Å². The van der Waals surface area contributed by atoms with Crippen molar-refractivity contribution in [3.63, 3.8) is 0 Å². The first kappa shape index (κ1) is 12.9. The number of amides is 1. The second-order valence-electron chi connectivity index (χ2n) is 4.17. The van der Waals surface area contributed by atoms with E-state index in [1.807, 2.05) is 0 Å². The molecule has 1 heterocycles. The van der Waals surface area contributed by atoms with Gasteiger partial charge in [0.15, 0.2) is 6.04 Å². The molecule has 1 N–H and O–H groups in total. The fourth-order valence-corrected chi connectivity index (χ4v) is 2.42. The molecule has 6 heteroatoms. The quantitative estimate of drug-likeness (QED) is 0.817. The van der Waals surface area contributed by atoms with Gasteiger partial charge < -0.3 is 10.0 Å². The molecule has 0 aromatic heterocycles. The Kier molecular flexibility index (Phi) is 3.56. The van der Waals surface area contributed by atoms with Crippen LogP contribution in [-0.4, -0.2) is 33.7 Å². The van der Waals surface area contributed by atoms with Gasteiger partial charge in [-0.05, 0) is 6.07 Å². The van der Waals surface area contributed by atoms with Crippen LogP contribution in [0.5, 0.6) is 0 Å². The lowest BCUT2D eigenvalue weighted by Crippen LogP contribution is -2.36. The summed E-state index contributed by atoms with van der Waals surface area (Å²) in [5.41, 5.74) is 0.000725. The summed E-state index contributed by atoms with van der Waals surface area (Å²) in [6.45, 7) is 0.216. The first-order chi connectivity index (χ1) is 8.50. The van der Waals surface area contributed by atoms with Gasteiger partial charge in [0.2, 0.25) is 5.91 Å². The summed E-state index contributed by atoms with van der Waals surface area (Å²) in [6, 6.07) is 4.31. The largest absolute Gasteiger partial charge is 0.479 e. The van der Waals surface area contributed by atoms with Gasteiger partial charge >= 0.3 is 5.97 Å². The number of likely N-dealkylation sites (tertiary alicyclic amines) is 1. The molecule has 1 aliphatic heterocycles. The van der Waals surface area contributed by atoms with E-state index in [0.717, 1.165) is 0 Å². The summed E-state index contributed by atoms with van der Waals surface area (Å²) in [5.74, 6) is -2.18. The molecule has 1 aliphatic rings. The lowest BCUT2D eigenvalue weighted by Gasteiger charge is -2.25. The molecule has 1 fully saturated rings. The second-order valence-corrected chi connectivity index (χ2v) is 4.90. The Hall–Kier alpha value is -1.56. The summed E-state index contributed by atoms with van der Waals surface area (Å²) in [7, 11) is 0. The number of carboxylic acids is 1. The van der Waals surface area contributed by atoms with Gasteiger partial charge in [-0.2, -0.15) is 12.6 Å². The molecule has 1 aromatic carbocycles. The zero-order chi connectivity index (χ0) is 13.3. The standard InChI is InChI=1S/C12H12FNO3S/c13-9-4-2-1-3-8(9)11(12(16)17)14-6-7(18)5-10(14)15/h1-4,7,11,18H,5-6H2,(H,16,17). The van der Waals surface area contributed by atoms with Gasteiger partial charge in [0.1, 0.15) is 5.82 Å². The Balaban J connectivity index is 2.38. The Labute approximate surface area is 109 Å². The Morgan fingerprint density at radius 1 is 1.50 bits per heavy atom. The van der Waals surface area contributed by atoms with Crippen molar-refractivity contribution in [2.24, 2.45) is 0 Å². The third-order valence-corrected chi connectivity index (χ3v) is 3.23. The summed E-state index contributed by atoms with van der Waals surface area (Å²) >= 11 is 4.16. The molecule has 2 rings (SSSR count). The van der Waals surface area contributed by atoms with E-state index in [-0.39, 0.29) is 29.7 Å². The number of benzene rings is 1. The number of hydrogen-bond acceptors (Lipinski definition) is 3. The SMILES string of the molecule is O=C(O)C(c1ccccc1F)N1CC(S)CC1=O. The fraction of sp³-hybridized carbons (Fsp3) is 0.333. The van der Waals surface area contributed by atoms with Gasteiger partial charge in [-0.3, -0.25) is 4.79 Å². The monoisotopic (exact) mass is 269 g/mol. The molecule has 2 unspecified atom stereocenters. The van der Waals surface area contributed by atoms with Crippen molar-refractivity contribution < 1.29 is 19.1 Å². The van der Waals surface area contributed by atoms with Gasteiger partial charge in [0.05, 0.1) is 0 Å². The molecule has 96 valence electrons. The van der Waals surface area contributed by atoms with Crippen molar-refractivity contribution in [1.82, 2.24) is 4.90 Å². The highest BCUT2D eigenvalue weighted by Gasteiger charge is 2.38. The van der Waals surface area contributed by atoms with E-state index in [1.165, 1.54) is 23.1 Å². The Morgan fingerprint density at radius 2 is 2.17 bits per heavy atom. The van der Waals surface area contributed by atoms with Crippen molar-refractivity contribution >= 4 is 24.5 Å². The molecule has 0 radical (unpaired) electrons. The molecule has 0 bridgehead atoms. The molecule has 0 spiro atoms. The zero-order valence-corrected chi connectivity index (χ0v) is 10.3. The summed E-state index contributed by atoms with van der Waals surface area (Å²) in [5, 5.41) is 9.03. The van der Waals surface area contributed by atoms with Gasteiger partial charge in [-0.25, -0.2) is 9.18 Å². The highest BCUT2D eigenvalue weighted by molar-refractivity contribution is 7.81. The van der Waals surface area contributed by atoms with Crippen molar-refractivity contribution in [2.75, 3.05) is 6.54 Å². The molecule has 2 atom stereocenters. The maximum Gasteiger partial charge on any atom is 0.331 e. The van der Waals surface area contributed by atoms with Crippen LogP contribution in [0.2, 0.25) is 0 Å². The van der Waals surface area contributed by atoms with E-state index in [9.17, 15) is 19.1 Å². The smallest absolute Gasteiger partial charge is 0.331 e. The van der Waals surface area contributed by atoms with E-state index in [1.54, 1.807) is 6.07 Å². The van der Waals surface area contributed by atoms with E-state index < -0.39 is 17.8 Å². The minimum absolute atomic E-state index is 0.000725. The molecule has 0 saturated carbocycles. The van der Waals surface area contributed by atoms with Crippen LogP contribution >= 0.6 is 12.6 Å². The number of halogens is 1. The van der Waals surface area contributed by atoms with Gasteiger partial charge in [0.25, 0.3) is 0 Å². The van der Waals surface area contributed by atoms with Crippen LogP contribution in [0, 0.1) is 5.82 Å². The first-order valence-electron chi connectivity index (χ1n) is 5.45. The number of hydrogen-bond donors (Lipinski definition) is 2. The molecule has 1 amide bonds. The number of carboxylic acid groups (broad SMARTS) is 1. The van der Waals surface area contributed by atoms with Crippen LogP contribution in [0.4, 0.5) is 4.39 Å². The van der Waals surface area contributed by atoms with Crippen LogP contribution in [0.3, 0.4) is 0 Å². The number of carbonyl (C=O) groups is 2. The average Bonchev–Trinajstić information content (AvgIpc) is 2.61. The zero-order valence-electron chi connectivity index (χ0n) is 9.41. The molecule has 1 aromatic rings. The average molecular weight is 269 g/mol. The fourth-order valence-electron chi connectivity index (χ4n) is 2.09. The van der Waals surface area contributed by atoms with Crippen molar-refractivity contribution in [3.05, 3.63) is 35.6 Å². The number of aliphatic carboxylic acids is 1. The number of thiol groups is 1. The minimum atomic E-state index is -1.28. The molecule has 18 heavy (non-hydrogen) atoms. The van der Waals surface area contributed by atoms with Crippen LogP contribution in [0.1, 0.15) is 18.0 Å². The van der Waals surface area contributed by atoms with E-state index in [4.69, 9.17) is 0 Å². The first-order valence-corrected chi connectivity index (χ1v) is 5.97. The lowest BCUT2D eigenvalue weighted by molar-refractivity contribution is -0.148. The molecule has 1 saturated heterocycles. The van der Waals surface area contributed by atoms with Crippen LogP contribution in [0.25, 0.3) is 0 Å². The maximum atomic E-state index is 13.7. The van der Waals surface area contributed by atoms with Crippen LogP contribution in [0.15, 0.2) is 24.3 Å². The van der Waals surface area contributed by atoms with Gasteiger partial charge in [0, 0.05) is 23.8 Å². The highest BCUT2D eigenvalue weighted by atomic mass is 32.1. The predicted molar refractivity (Wildman–Crippen MR) is 65.9 cm³/mol. The van der Waals surface area contributed by atoms with Gasteiger partial charge in [-0.15, -0.1) is 0 Å². The Bertz CT molecular complexity index is 494. The number of nitrogens with zero attached hydrogens (tertiary/aromatic N) is 1. The minimum Gasteiger partial charge on any atom is -0.479 e. The Morgan fingerprint density at radius 3 is 2.67 bits per heavy atom. The van der Waals surface area contributed by atoms with Crippen molar-refractivity contribution in [1.29, 1.82) is 0 Å². The summed E-state index contributed by atoms with van der Waals surface area (Å²) < 4.78 is 13.7. The molecule has 0 aliphatic carbocycles. The van der Waals surface area contributed by atoms with Crippen molar-refractivity contribution in [3.8, 4) is 0 Å². The number of rotatable bonds is 3. The molecular formula is C12H12FNO3S. The maximum absolute atomic E-state index is 13.7. The van der Waals surface area contributed by atoms with Crippen LogP contribution in [-0.2, 0) is 9.59 Å².